The Kier molecular flexibility index (Phi) is 4.86. The van der Waals surface area contributed by atoms with Crippen LogP contribution in [0.4, 0.5) is 13.2 Å². The van der Waals surface area contributed by atoms with Crippen LogP contribution in [-0.2, 0) is 17.5 Å². The van der Waals surface area contributed by atoms with Gasteiger partial charge < -0.3 is 9.64 Å². The lowest BCUT2D eigenvalue weighted by atomic mass is 9.82. The van der Waals surface area contributed by atoms with Gasteiger partial charge in [0.25, 0.3) is 0 Å². The van der Waals surface area contributed by atoms with E-state index in [0.29, 0.717) is 37.2 Å². The number of alkyl halides is 3. The number of ether oxygens (including phenoxy) is 1. The molecule has 0 aliphatic carbocycles. The van der Waals surface area contributed by atoms with E-state index in [2.05, 4.69) is 5.10 Å². The third-order valence-electron chi connectivity index (χ3n) is 5.83. The summed E-state index contributed by atoms with van der Waals surface area (Å²) in [5.41, 5.74) is 0.213. The van der Waals surface area contributed by atoms with Gasteiger partial charge in [-0.15, -0.1) is 0 Å². The van der Waals surface area contributed by atoms with Crippen LogP contribution in [0.1, 0.15) is 46.6 Å². The maximum Gasteiger partial charge on any atom is 0.435 e. The van der Waals surface area contributed by atoms with Gasteiger partial charge in [0.05, 0.1) is 12.0 Å². The van der Waals surface area contributed by atoms with Crippen LogP contribution in [0.25, 0.3) is 0 Å². The normalized spacial score (nSPS) is 18.3. The van der Waals surface area contributed by atoms with Gasteiger partial charge in [-0.05, 0) is 32.0 Å². The lowest BCUT2D eigenvalue weighted by molar-refractivity contribution is -0.142. The SMILES string of the molecule is Cc1ccc2c(c1)C(=O)CC1(CCN(C(=O)Cn3nc(C(F)(F)F)cc3C)CC1)O2. The van der Waals surface area contributed by atoms with E-state index in [9.17, 15) is 22.8 Å². The molecule has 0 radical (unpaired) electrons. The van der Waals surface area contributed by atoms with Crippen molar-refractivity contribution in [3.63, 3.8) is 0 Å². The average molecular weight is 421 g/mol. The number of benzene rings is 1. The van der Waals surface area contributed by atoms with Gasteiger partial charge >= 0.3 is 6.18 Å². The first-order chi connectivity index (χ1) is 14.1. The summed E-state index contributed by atoms with van der Waals surface area (Å²) in [6.45, 7) is 3.90. The number of fused-ring (bicyclic) bond motifs is 1. The summed E-state index contributed by atoms with van der Waals surface area (Å²) < 4.78 is 45.7. The van der Waals surface area contributed by atoms with Gasteiger partial charge in [0.2, 0.25) is 5.91 Å². The molecule has 1 aromatic heterocycles. The number of rotatable bonds is 2. The molecule has 3 heterocycles. The molecule has 1 aromatic carbocycles. The number of ketones is 1. The van der Waals surface area contributed by atoms with E-state index in [1.165, 1.54) is 6.92 Å². The van der Waals surface area contributed by atoms with E-state index < -0.39 is 17.5 Å². The molecule has 0 bridgehead atoms. The fourth-order valence-electron chi connectivity index (χ4n) is 4.09. The van der Waals surface area contributed by atoms with E-state index >= 15 is 0 Å². The summed E-state index contributed by atoms with van der Waals surface area (Å²) in [4.78, 5) is 26.8. The van der Waals surface area contributed by atoms with Crippen molar-refractivity contribution in [2.75, 3.05) is 13.1 Å². The maximum absolute atomic E-state index is 12.8. The Bertz CT molecular complexity index is 1000. The first kappa shape index (κ1) is 20.4. The number of likely N-dealkylation sites (tertiary alicyclic amines) is 1. The van der Waals surface area contributed by atoms with Crippen molar-refractivity contribution >= 4 is 11.7 Å². The minimum absolute atomic E-state index is 0.0339. The van der Waals surface area contributed by atoms with Crippen LogP contribution in [0.5, 0.6) is 5.75 Å². The largest absolute Gasteiger partial charge is 0.486 e. The molecule has 2 aliphatic rings. The molecular weight excluding hydrogens is 399 g/mol. The summed E-state index contributed by atoms with van der Waals surface area (Å²) >= 11 is 0. The Morgan fingerprint density at radius 1 is 1.20 bits per heavy atom. The highest BCUT2D eigenvalue weighted by atomic mass is 19.4. The van der Waals surface area contributed by atoms with Crippen LogP contribution in [0.3, 0.4) is 0 Å². The highest BCUT2D eigenvalue weighted by Crippen LogP contribution is 2.39. The van der Waals surface area contributed by atoms with E-state index in [-0.39, 0.29) is 30.3 Å². The Hall–Kier alpha value is -2.84. The van der Waals surface area contributed by atoms with Crippen LogP contribution in [0.15, 0.2) is 24.3 Å². The van der Waals surface area contributed by atoms with Gasteiger partial charge in [-0.2, -0.15) is 18.3 Å². The second-order valence-corrected chi connectivity index (χ2v) is 8.09. The summed E-state index contributed by atoms with van der Waals surface area (Å²) in [6.07, 6.45) is -3.30. The lowest BCUT2D eigenvalue weighted by Crippen LogP contribution is -2.52. The van der Waals surface area contributed by atoms with Crippen LogP contribution < -0.4 is 4.74 Å². The molecular formula is C21H22F3N3O3. The fourth-order valence-corrected chi connectivity index (χ4v) is 4.09. The van der Waals surface area contributed by atoms with Crippen molar-refractivity contribution in [1.82, 2.24) is 14.7 Å². The zero-order valence-electron chi connectivity index (χ0n) is 16.8. The summed E-state index contributed by atoms with van der Waals surface area (Å²) in [6, 6.07) is 6.45. The van der Waals surface area contributed by atoms with Crippen LogP contribution in [0, 0.1) is 13.8 Å². The lowest BCUT2D eigenvalue weighted by Gasteiger charge is -2.44. The first-order valence-electron chi connectivity index (χ1n) is 9.79. The number of Topliss-reactive ketones (excluding diaryl/α,β-unsaturated/α-hetero) is 1. The zero-order valence-corrected chi connectivity index (χ0v) is 16.8. The van der Waals surface area contributed by atoms with Gasteiger partial charge in [0, 0.05) is 31.6 Å². The average Bonchev–Trinajstić information content (AvgIpc) is 3.04. The zero-order chi connectivity index (χ0) is 21.7. The van der Waals surface area contributed by atoms with Gasteiger partial charge in [-0.25, -0.2) is 0 Å². The van der Waals surface area contributed by atoms with Crippen LogP contribution in [-0.4, -0.2) is 45.1 Å². The molecule has 0 N–H and O–H groups in total. The third-order valence-corrected chi connectivity index (χ3v) is 5.83. The number of hydrogen-bond donors (Lipinski definition) is 0. The van der Waals surface area contributed by atoms with Gasteiger partial charge in [-0.1, -0.05) is 11.6 Å². The number of carbonyl (C=O) groups excluding carboxylic acids is 2. The number of nitrogens with zero attached hydrogens (tertiary/aromatic N) is 3. The number of aromatic nitrogens is 2. The van der Waals surface area contributed by atoms with Gasteiger partial charge in [0.1, 0.15) is 17.9 Å². The van der Waals surface area contributed by atoms with Crippen LogP contribution >= 0.6 is 0 Å². The van der Waals surface area contributed by atoms with Crippen molar-refractivity contribution in [2.24, 2.45) is 0 Å². The van der Waals surface area contributed by atoms with Gasteiger partial charge in [-0.3, -0.25) is 14.3 Å². The Morgan fingerprint density at radius 3 is 2.53 bits per heavy atom. The quantitative estimate of drug-likeness (QED) is 0.744. The number of aryl methyl sites for hydroxylation is 2. The third kappa shape index (κ3) is 3.80. The van der Waals surface area contributed by atoms with Crippen molar-refractivity contribution in [2.45, 2.75) is 51.4 Å². The predicted octanol–water partition coefficient (Wildman–Crippen LogP) is 3.55. The molecule has 160 valence electrons. The summed E-state index contributed by atoms with van der Waals surface area (Å²) in [5.74, 6) is 0.304. The predicted molar refractivity (Wildman–Crippen MR) is 101 cm³/mol. The van der Waals surface area contributed by atoms with Crippen molar-refractivity contribution in [1.29, 1.82) is 0 Å². The molecule has 4 rings (SSSR count). The molecule has 1 spiro atoms. The molecule has 1 saturated heterocycles. The molecule has 2 aliphatic heterocycles. The number of piperidine rings is 1. The fraction of sp³-hybridized carbons (Fsp3) is 0.476. The molecule has 0 atom stereocenters. The van der Waals surface area contributed by atoms with Crippen molar-refractivity contribution < 1.29 is 27.5 Å². The minimum atomic E-state index is -4.55. The van der Waals surface area contributed by atoms with E-state index in [4.69, 9.17) is 4.74 Å². The van der Waals surface area contributed by atoms with E-state index in [1.807, 2.05) is 19.1 Å². The van der Waals surface area contributed by atoms with Crippen molar-refractivity contribution in [3.8, 4) is 5.75 Å². The Labute approximate surface area is 171 Å². The molecule has 1 fully saturated rings. The topological polar surface area (TPSA) is 64.4 Å². The molecule has 9 heteroatoms. The highest BCUT2D eigenvalue weighted by Gasteiger charge is 2.43. The molecule has 0 saturated carbocycles. The Balaban J connectivity index is 1.41. The number of halogens is 3. The van der Waals surface area contributed by atoms with Gasteiger partial charge in [0.15, 0.2) is 11.5 Å². The standard InChI is InChI=1S/C21H22F3N3O3/c1-13-3-4-17-15(9-13)16(28)11-20(30-17)5-7-26(8-6-20)19(29)12-27-14(2)10-18(25-27)21(22,23)24/h3-4,9-10H,5-8,11-12H2,1-2H3. The highest BCUT2D eigenvalue weighted by molar-refractivity contribution is 6.00. The van der Waals surface area contributed by atoms with Crippen molar-refractivity contribution in [3.05, 3.63) is 46.8 Å². The molecule has 1 amide bonds. The second-order valence-electron chi connectivity index (χ2n) is 8.09. The summed E-state index contributed by atoms with van der Waals surface area (Å²) in [5, 5.41) is 3.52. The monoisotopic (exact) mass is 421 g/mol. The molecule has 6 nitrogen and oxygen atoms in total. The maximum atomic E-state index is 12.8. The first-order valence-corrected chi connectivity index (χ1v) is 9.79. The van der Waals surface area contributed by atoms with E-state index in [1.54, 1.807) is 11.0 Å². The Morgan fingerprint density at radius 2 is 1.90 bits per heavy atom. The van der Waals surface area contributed by atoms with Crippen LogP contribution in [0.2, 0.25) is 0 Å². The number of carbonyl (C=O) groups is 2. The number of amides is 1. The minimum Gasteiger partial charge on any atom is -0.486 e. The number of hydrogen-bond acceptors (Lipinski definition) is 4. The second kappa shape index (κ2) is 7.14. The smallest absolute Gasteiger partial charge is 0.435 e. The molecule has 2 aromatic rings. The molecule has 30 heavy (non-hydrogen) atoms. The summed E-state index contributed by atoms with van der Waals surface area (Å²) in [7, 11) is 0. The van der Waals surface area contributed by atoms with E-state index in [0.717, 1.165) is 16.3 Å². The molecule has 0 unspecified atom stereocenters.